The first kappa shape index (κ1) is 21.1. The minimum atomic E-state index is -0.864. The van der Waals surface area contributed by atoms with Gasteiger partial charge in [-0.2, -0.15) is 0 Å². The van der Waals surface area contributed by atoms with Gasteiger partial charge in [-0.1, -0.05) is 42.5 Å². The van der Waals surface area contributed by atoms with Crippen molar-refractivity contribution >= 4 is 5.97 Å². The van der Waals surface area contributed by atoms with E-state index in [1.165, 1.54) is 6.39 Å². The quantitative estimate of drug-likeness (QED) is 0.593. The maximum absolute atomic E-state index is 11.5. The summed E-state index contributed by atoms with van der Waals surface area (Å²) in [6.45, 7) is 3.71. The third kappa shape index (κ3) is 5.31. The summed E-state index contributed by atoms with van der Waals surface area (Å²) in [7, 11) is 0. The average Bonchev–Trinajstić information content (AvgIpc) is 3.20. The van der Waals surface area contributed by atoms with Gasteiger partial charge in [-0.3, -0.25) is 9.69 Å². The minimum Gasteiger partial charge on any atom is -0.484 e. The number of ether oxygens (including phenoxy) is 2. The Morgan fingerprint density at radius 3 is 2.77 bits per heavy atom. The first-order valence-electron chi connectivity index (χ1n) is 10.3. The number of benzene rings is 2. The molecule has 1 saturated heterocycles. The third-order valence-corrected chi connectivity index (χ3v) is 5.44. The summed E-state index contributed by atoms with van der Waals surface area (Å²) < 4.78 is 17.1. The number of oxazole rings is 1. The van der Waals surface area contributed by atoms with Crippen LogP contribution >= 0.6 is 0 Å². The van der Waals surface area contributed by atoms with Crippen molar-refractivity contribution in [1.82, 2.24) is 9.88 Å². The van der Waals surface area contributed by atoms with Gasteiger partial charge in [0.05, 0.1) is 13.2 Å². The van der Waals surface area contributed by atoms with E-state index in [1.54, 1.807) is 0 Å². The Bertz CT molecular complexity index is 1000. The Hall–Kier alpha value is -3.16. The van der Waals surface area contributed by atoms with Crippen LogP contribution in [0.15, 0.2) is 65.4 Å². The largest absolute Gasteiger partial charge is 0.484 e. The van der Waals surface area contributed by atoms with Crippen LogP contribution in [0.4, 0.5) is 0 Å². The van der Waals surface area contributed by atoms with E-state index in [4.69, 9.17) is 13.9 Å². The molecule has 4 rings (SSSR count). The zero-order valence-electron chi connectivity index (χ0n) is 17.4. The summed E-state index contributed by atoms with van der Waals surface area (Å²) >= 11 is 0. The molecule has 1 aromatic heterocycles. The Balaban J connectivity index is 1.52. The highest BCUT2D eigenvalue weighted by atomic mass is 16.5. The normalized spacial score (nSPS) is 17.9. The number of morpholine rings is 1. The van der Waals surface area contributed by atoms with E-state index < -0.39 is 12.0 Å². The lowest BCUT2D eigenvalue weighted by molar-refractivity contribution is -0.150. The fourth-order valence-corrected chi connectivity index (χ4v) is 3.82. The molecular weight excluding hydrogens is 396 g/mol. The number of rotatable bonds is 8. The van der Waals surface area contributed by atoms with Gasteiger partial charge in [0.2, 0.25) is 0 Å². The van der Waals surface area contributed by atoms with E-state index in [0.717, 1.165) is 22.6 Å². The first-order chi connectivity index (χ1) is 15.1. The van der Waals surface area contributed by atoms with Gasteiger partial charge in [0, 0.05) is 19.5 Å². The first-order valence-corrected chi connectivity index (χ1v) is 10.3. The lowest BCUT2D eigenvalue weighted by Gasteiger charge is -2.32. The van der Waals surface area contributed by atoms with Crippen molar-refractivity contribution in [1.29, 1.82) is 0 Å². The average molecular weight is 422 g/mol. The predicted octanol–water partition coefficient (Wildman–Crippen LogP) is 3.63. The van der Waals surface area contributed by atoms with Crippen LogP contribution in [0.25, 0.3) is 0 Å². The molecule has 0 bridgehead atoms. The summed E-state index contributed by atoms with van der Waals surface area (Å²) in [5, 5.41) is 9.47. The minimum absolute atomic E-state index is 0.204. The lowest BCUT2D eigenvalue weighted by atomic mass is 10.0. The van der Waals surface area contributed by atoms with Gasteiger partial charge in [-0.05, 0) is 30.2 Å². The third-order valence-electron chi connectivity index (χ3n) is 5.44. The molecule has 0 saturated carbocycles. The van der Waals surface area contributed by atoms with E-state index in [2.05, 4.69) is 17.1 Å². The Labute approximate surface area is 181 Å². The van der Waals surface area contributed by atoms with Crippen LogP contribution in [0.2, 0.25) is 0 Å². The van der Waals surface area contributed by atoms with Crippen molar-refractivity contribution in [2.75, 3.05) is 19.8 Å². The van der Waals surface area contributed by atoms with Crippen LogP contribution in [-0.2, 0) is 22.5 Å². The fraction of sp³-hybridized carbons (Fsp3) is 0.333. The molecule has 31 heavy (non-hydrogen) atoms. The highest BCUT2D eigenvalue weighted by molar-refractivity contribution is 5.73. The maximum Gasteiger partial charge on any atom is 0.323 e. The Kier molecular flexibility index (Phi) is 6.64. The van der Waals surface area contributed by atoms with Gasteiger partial charge in [0.25, 0.3) is 0 Å². The van der Waals surface area contributed by atoms with Crippen LogP contribution in [0.1, 0.15) is 28.7 Å². The van der Waals surface area contributed by atoms with E-state index in [0.29, 0.717) is 31.9 Å². The summed E-state index contributed by atoms with van der Waals surface area (Å²) in [6, 6.07) is 17.3. The summed E-state index contributed by atoms with van der Waals surface area (Å²) in [5.41, 5.74) is 2.90. The molecule has 162 valence electrons. The van der Waals surface area contributed by atoms with Crippen molar-refractivity contribution in [3.63, 3.8) is 0 Å². The van der Waals surface area contributed by atoms with Crippen LogP contribution in [0.5, 0.6) is 5.75 Å². The molecule has 0 radical (unpaired) electrons. The van der Waals surface area contributed by atoms with Gasteiger partial charge in [0.15, 0.2) is 6.39 Å². The summed E-state index contributed by atoms with van der Waals surface area (Å²) in [6.07, 6.45) is 1.79. The molecule has 0 spiro atoms. The van der Waals surface area contributed by atoms with Gasteiger partial charge < -0.3 is 19.0 Å². The number of hydrogen-bond acceptors (Lipinski definition) is 6. The second-order valence-corrected chi connectivity index (χ2v) is 7.64. The van der Waals surface area contributed by atoms with Gasteiger partial charge in [0.1, 0.15) is 29.3 Å². The van der Waals surface area contributed by atoms with Crippen LogP contribution < -0.4 is 4.74 Å². The Morgan fingerprint density at radius 1 is 1.23 bits per heavy atom. The molecule has 1 aliphatic heterocycles. The topological polar surface area (TPSA) is 85.0 Å². The number of hydrogen-bond donors (Lipinski definition) is 1. The molecule has 1 fully saturated rings. The van der Waals surface area contributed by atoms with Crippen LogP contribution in [0.3, 0.4) is 0 Å². The molecule has 3 aromatic rings. The van der Waals surface area contributed by atoms with E-state index in [-0.39, 0.29) is 12.7 Å². The van der Waals surface area contributed by atoms with E-state index in [1.807, 2.05) is 54.3 Å². The predicted molar refractivity (Wildman–Crippen MR) is 114 cm³/mol. The van der Waals surface area contributed by atoms with Crippen molar-refractivity contribution in [2.24, 2.45) is 0 Å². The molecule has 7 nitrogen and oxygen atoms in total. The van der Waals surface area contributed by atoms with E-state index in [9.17, 15) is 9.90 Å². The number of nitrogens with zero attached hydrogens (tertiary/aromatic N) is 2. The maximum atomic E-state index is 11.5. The highest BCUT2D eigenvalue weighted by Crippen LogP contribution is 2.28. The van der Waals surface area contributed by atoms with E-state index >= 15 is 0 Å². The number of carboxylic acids is 1. The molecule has 1 N–H and O–H groups in total. The molecular formula is C24H26N2O5. The molecule has 7 heteroatoms. The lowest BCUT2D eigenvalue weighted by Crippen LogP contribution is -2.49. The van der Waals surface area contributed by atoms with Gasteiger partial charge in [-0.15, -0.1) is 0 Å². The molecule has 0 aliphatic carbocycles. The number of aliphatic carboxylic acids is 1. The van der Waals surface area contributed by atoms with Gasteiger partial charge in [-0.25, -0.2) is 4.98 Å². The number of carbonyl (C=O) groups is 1. The second kappa shape index (κ2) is 9.76. The standard InChI is InChI=1S/C24H26N2O5/c1-17-23(25-16-30-17)22(13-18-6-3-2-4-7-18)31-20-9-5-8-19(12-20)14-26-10-11-29-15-21(26)24(27)28/h2-9,12,16,21-22H,10-11,13-15H2,1H3,(H,27,28)/t21-,22?/m0/s1. The molecule has 0 amide bonds. The monoisotopic (exact) mass is 422 g/mol. The van der Waals surface area contributed by atoms with Crippen molar-refractivity contribution in [3.05, 3.63) is 83.6 Å². The van der Waals surface area contributed by atoms with Gasteiger partial charge >= 0.3 is 5.97 Å². The zero-order valence-corrected chi connectivity index (χ0v) is 17.4. The number of carboxylic acid groups (broad SMARTS) is 1. The molecule has 1 unspecified atom stereocenters. The molecule has 2 heterocycles. The molecule has 1 aliphatic rings. The summed E-state index contributed by atoms with van der Waals surface area (Å²) in [4.78, 5) is 17.8. The number of aromatic nitrogens is 1. The van der Waals surface area contributed by atoms with Crippen molar-refractivity contribution in [2.45, 2.75) is 32.0 Å². The Morgan fingerprint density at radius 2 is 2.03 bits per heavy atom. The second-order valence-electron chi connectivity index (χ2n) is 7.64. The SMILES string of the molecule is Cc1ocnc1C(Cc1ccccc1)Oc1cccc(CN2CCOC[C@H]2C(=O)O)c1. The molecule has 2 atom stereocenters. The van der Waals surface area contributed by atoms with Crippen LogP contribution in [-0.4, -0.2) is 46.8 Å². The van der Waals surface area contributed by atoms with Crippen LogP contribution in [0, 0.1) is 6.92 Å². The van der Waals surface area contributed by atoms with Crippen molar-refractivity contribution < 1.29 is 23.8 Å². The summed E-state index contributed by atoms with van der Waals surface area (Å²) in [5.74, 6) is 0.576. The molecule has 2 aromatic carbocycles. The number of aryl methyl sites for hydroxylation is 1. The fourth-order valence-electron chi connectivity index (χ4n) is 3.82. The highest BCUT2D eigenvalue weighted by Gasteiger charge is 2.29. The zero-order chi connectivity index (χ0) is 21.6. The smallest absolute Gasteiger partial charge is 0.323 e. The van der Waals surface area contributed by atoms with Crippen molar-refractivity contribution in [3.8, 4) is 5.75 Å².